The fourth-order valence-corrected chi connectivity index (χ4v) is 2.97. The second-order valence-electron chi connectivity index (χ2n) is 5.50. The van der Waals surface area contributed by atoms with Crippen LogP contribution in [-0.4, -0.2) is 29.7 Å². The third kappa shape index (κ3) is 3.17. The van der Waals surface area contributed by atoms with Crippen LogP contribution < -0.4 is 0 Å². The summed E-state index contributed by atoms with van der Waals surface area (Å²) in [6.45, 7) is -0.0929. The minimum Gasteiger partial charge on any atom is -0.324 e. The molecular weight excluding hydrogens is 434 g/mol. The predicted octanol–water partition coefficient (Wildman–Crippen LogP) is 3.32. The molecule has 1 heterocycles. The minimum atomic E-state index is -1.18. The topological polar surface area (TPSA) is 37.4 Å². The molecule has 24 heavy (non-hydrogen) atoms. The van der Waals surface area contributed by atoms with E-state index in [2.05, 4.69) is 0 Å². The van der Waals surface area contributed by atoms with Crippen LogP contribution in [0.15, 0.2) is 30.3 Å². The van der Waals surface area contributed by atoms with Gasteiger partial charge in [-0.25, -0.2) is 13.2 Å². The van der Waals surface area contributed by atoms with Crippen molar-refractivity contribution in [2.45, 2.75) is 6.42 Å². The number of hydrogen-bond acceptors (Lipinski definition) is 2. The Morgan fingerprint density at radius 1 is 1.08 bits per heavy atom. The van der Waals surface area contributed by atoms with Crippen LogP contribution in [0.2, 0.25) is 0 Å². The Balaban J connectivity index is 2.00. The summed E-state index contributed by atoms with van der Waals surface area (Å²) in [5.74, 6) is -3.49. The van der Waals surface area contributed by atoms with Crippen molar-refractivity contribution in [1.29, 1.82) is 0 Å². The molecule has 1 saturated heterocycles. The van der Waals surface area contributed by atoms with Gasteiger partial charge < -0.3 is 4.90 Å². The summed E-state index contributed by atoms with van der Waals surface area (Å²) in [6, 6.07) is 6.43. The maximum absolute atomic E-state index is 14.2. The fourth-order valence-electron chi connectivity index (χ4n) is 2.51. The molecule has 0 unspecified atom stereocenters. The van der Waals surface area contributed by atoms with E-state index in [1.54, 1.807) is 6.07 Å². The number of likely N-dealkylation sites (tertiary alicyclic amines) is 1. The molecule has 0 spiro atoms. The fraction of sp³-hybridized carbons (Fsp3) is 0.176. The summed E-state index contributed by atoms with van der Waals surface area (Å²) < 4.78 is 42.5. The second-order valence-corrected chi connectivity index (χ2v) is 6.75. The van der Waals surface area contributed by atoms with Crippen LogP contribution >= 0.6 is 22.6 Å². The molecule has 1 aliphatic rings. The van der Waals surface area contributed by atoms with Gasteiger partial charge in [-0.2, -0.15) is 0 Å². The number of amides is 1. The number of rotatable bonds is 3. The van der Waals surface area contributed by atoms with Gasteiger partial charge in [-0.05, 0) is 52.4 Å². The number of carbonyl (C=O) groups is 2. The highest BCUT2D eigenvalue weighted by Gasteiger charge is 2.31. The zero-order valence-corrected chi connectivity index (χ0v) is 14.4. The molecule has 0 saturated carbocycles. The second kappa shape index (κ2) is 6.54. The molecule has 0 N–H and O–H groups in total. The van der Waals surface area contributed by atoms with E-state index in [0.717, 1.165) is 6.07 Å². The number of carbonyl (C=O) groups excluding carboxylic acids is 2. The molecule has 0 aromatic heterocycles. The van der Waals surface area contributed by atoms with Crippen LogP contribution in [0.5, 0.6) is 0 Å². The molecule has 1 aliphatic heterocycles. The first-order valence-electron chi connectivity index (χ1n) is 7.08. The van der Waals surface area contributed by atoms with E-state index in [1.165, 1.54) is 23.1 Å². The number of ketones is 1. The number of Topliss-reactive ketones (excluding diaryl/α,β-unsaturated/α-hetero) is 1. The van der Waals surface area contributed by atoms with E-state index in [9.17, 15) is 22.8 Å². The molecule has 0 radical (unpaired) electrons. The van der Waals surface area contributed by atoms with Gasteiger partial charge in [0.15, 0.2) is 17.4 Å². The van der Waals surface area contributed by atoms with Gasteiger partial charge in [0.2, 0.25) is 0 Å². The molecule has 0 atom stereocenters. The first-order valence-corrected chi connectivity index (χ1v) is 8.16. The van der Waals surface area contributed by atoms with Crippen molar-refractivity contribution in [1.82, 2.24) is 4.90 Å². The predicted molar refractivity (Wildman–Crippen MR) is 89.2 cm³/mol. The van der Waals surface area contributed by atoms with Gasteiger partial charge in [-0.15, -0.1) is 0 Å². The average molecular weight is 445 g/mol. The Kier molecular flexibility index (Phi) is 4.62. The van der Waals surface area contributed by atoms with E-state index in [1.807, 2.05) is 22.6 Å². The quantitative estimate of drug-likeness (QED) is 0.681. The number of hydrogen-bond donors (Lipinski definition) is 0. The Bertz CT molecular complexity index is 846. The summed E-state index contributed by atoms with van der Waals surface area (Å²) in [4.78, 5) is 24.7. The maximum Gasteiger partial charge on any atom is 0.255 e. The molecule has 124 valence electrons. The molecule has 3 rings (SSSR count). The number of nitrogens with zero attached hydrogens (tertiary/aromatic N) is 1. The first-order chi connectivity index (χ1) is 11.4. The zero-order chi connectivity index (χ0) is 17.4. The first kappa shape index (κ1) is 16.9. The Morgan fingerprint density at radius 2 is 1.79 bits per heavy atom. The summed E-state index contributed by atoms with van der Waals surface area (Å²) in [7, 11) is 0. The van der Waals surface area contributed by atoms with E-state index in [4.69, 9.17) is 0 Å². The van der Waals surface area contributed by atoms with Crippen molar-refractivity contribution in [3.8, 4) is 0 Å². The lowest BCUT2D eigenvalue weighted by atomic mass is 9.96. The molecule has 0 aliphatic carbocycles. The van der Waals surface area contributed by atoms with E-state index >= 15 is 0 Å². The van der Waals surface area contributed by atoms with Crippen molar-refractivity contribution in [3.05, 3.63) is 68.0 Å². The third-order valence-corrected chi connectivity index (χ3v) is 4.50. The molecule has 7 heteroatoms. The van der Waals surface area contributed by atoms with E-state index in [-0.39, 0.29) is 42.0 Å². The van der Waals surface area contributed by atoms with Crippen molar-refractivity contribution in [3.63, 3.8) is 0 Å². The summed E-state index contributed by atoms with van der Waals surface area (Å²) in [5, 5.41) is 0. The van der Waals surface area contributed by atoms with Crippen LogP contribution in [0, 0.1) is 21.0 Å². The zero-order valence-electron chi connectivity index (χ0n) is 12.3. The van der Waals surface area contributed by atoms with Crippen molar-refractivity contribution >= 4 is 34.3 Å². The van der Waals surface area contributed by atoms with Gasteiger partial charge in [0.05, 0.1) is 13.1 Å². The van der Waals surface area contributed by atoms with Gasteiger partial charge in [0.25, 0.3) is 5.91 Å². The Hall–Kier alpha value is -1.90. The van der Waals surface area contributed by atoms with Crippen LogP contribution in [0.3, 0.4) is 0 Å². The van der Waals surface area contributed by atoms with Crippen LogP contribution in [-0.2, 0) is 11.2 Å². The molecule has 3 nitrogen and oxygen atoms in total. The molecule has 1 fully saturated rings. The minimum absolute atomic E-state index is 0.0465. The van der Waals surface area contributed by atoms with Gasteiger partial charge >= 0.3 is 0 Å². The van der Waals surface area contributed by atoms with E-state index in [0.29, 0.717) is 3.57 Å². The monoisotopic (exact) mass is 445 g/mol. The van der Waals surface area contributed by atoms with Gasteiger partial charge in [-0.3, -0.25) is 9.59 Å². The molecule has 2 aromatic rings. The molecular formula is C17H11F3INO2. The smallest absolute Gasteiger partial charge is 0.255 e. The highest BCUT2D eigenvalue weighted by atomic mass is 127. The lowest BCUT2D eigenvalue weighted by Gasteiger charge is -2.30. The van der Waals surface area contributed by atoms with E-state index < -0.39 is 23.4 Å². The van der Waals surface area contributed by atoms with Crippen molar-refractivity contribution in [2.24, 2.45) is 0 Å². The number of benzene rings is 2. The summed E-state index contributed by atoms with van der Waals surface area (Å²) >= 11 is 1.94. The van der Waals surface area contributed by atoms with Crippen LogP contribution in [0.25, 0.3) is 0 Å². The highest BCUT2D eigenvalue weighted by Crippen LogP contribution is 2.25. The van der Waals surface area contributed by atoms with Gasteiger partial charge in [0.1, 0.15) is 5.82 Å². The molecule has 1 amide bonds. The Labute approximate surface area is 149 Å². The van der Waals surface area contributed by atoms with Crippen LogP contribution in [0.1, 0.15) is 21.5 Å². The highest BCUT2D eigenvalue weighted by molar-refractivity contribution is 14.1. The standard InChI is InChI=1S/C17H11F3INO2/c18-14-4-3-12(17(24)22-7-11(23)8-22)13(16(14)20)5-9-1-2-10(21)6-15(9)19/h1-4,6H,5,7-8H2. The SMILES string of the molecule is O=C1CN(C(=O)c2ccc(F)c(F)c2Cc2ccc(I)cc2F)C1. The van der Waals surface area contributed by atoms with Crippen molar-refractivity contribution in [2.75, 3.05) is 13.1 Å². The summed E-state index contributed by atoms with van der Waals surface area (Å²) in [6.07, 6.45) is -0.255. The van der Waals surface area contributed by atoms with Crippen LogP contribution in [0.4, 0.5) is 13.2 Å². The third-order valence-electron chi connectivity index (χ3n) is 3.83. The lowest BCUT2D eigenvalue weighted by molar-refractivity contribution is -0.127. The normalized spacial score (nSPS) is 13.8. The maximum atomic E-state index is 14.2. The molecule has 2 aromatic carbocycles. The largest absolute Gasteiger partial charge is 0.324 e. The summed E-state index contributed by atoms with van der Waals surface area (Å²) in [5.41, 5.74) is -0.104. The Morgan fingerprint density at radius 3 is 2.42 bits per heavy atom. The average Bonchev–Trinajstić information content (AvgIpc) is 2.50. The van der Waals surface area contributed by atoms with Gasteiger partial charge in [0, 0.05) is 21.1 Å². The van der Waals surface area contributed by atoms with Gasteiger partial charge in [-0.1, -0.05) is 6.07 Å². The number of halogens is 4. The molecule has 0 bridgehead atoms. The van der Waals surface area contributed by atoms with Crippen molar-refractivity contribution < 1.29 is 22.8 Å². The lowest BCUT2D eigenvalue weighted by Crippen LogP contribution is -2.50.